The number of piperazine rings is 1. The van der Waals surface area contributed by atoms with Gasteiger partial charge in [0.25, 0.3) is 0 Å². The van der Waals surface area contributed by atoms with Gasteiger partial charge in [0.15, 0.2) is 0 Å². The molecule has 3 fully saturated rings. The third-order valence-corrected chi connectivity index (χ3v) is 7.29. The Morgan fingerprint density at radius 2 is 1.57 bits per heavy atom. The lowest BCUT2D eigenvalue weighted by Crippen LogP contribution is -2.48. The molecular formula is C24H39ClN2O. The summed E-state index contributed by atoms with van der Waals surface area (Å²) in [6, 6.07) is 9.27. The highest BCUT2D eigenvalue weighted by atomic mass is 35.5. The fourth-order valence-corrected chi connectivity index (χ4v) is 5.30. The van der Waals surface area contributed by atoms with Crippen molar-refractivity contribution in [3.05, 3.63) is 29.8 Å². The zero-order chi connectivity index (χ0) is 18.7. The lowest BCUT2D eigenvalue weighted by molar-refractivity contribution is 0.0517. The number of hydrogen-bond acceptors (Lipinski definition) is 3. The van der Waals surface area contributed by atoms with E-state index in [4.69, 9.17) is 4.74 Å². The van der Waals surface area contributed by atoms with E-state index in [2.05, 4.69) is 47.9 Å². The number of nitrogens with zero attached hydrogens (tertiary/aromatic N) is 2. The normalized spacial score (nSPS) is 24.7. The van der Waals surface area contributed by atoms with Crippen LogP contribution in [0.3, 0.4) is 0 Å². The topological polar surface area (TPSA) is 15.7 Å². The molecular weight excluding hydrogens is 368 g/mol. The smallest absolute Gasteiger partial charge is 0.0469 e. The molecule has 158 valence electrons. The van der Waals surface area contributed by atoms with Gasteiger partial charge in [-0.1, -0.05) is 32.0 Å². The van der Waals surface area contributed by atoms with Gasteiger partial charge in [0, 0.05) is 51.6 Å². The predicted octanol–water partition coefficient (Wildman–Crippen LogP) is 5.34. The van der Waals surface area contributed by atoms with Crippen LogP contribution >= 0.6 is 12.4 Å². The summed E-state index contributed by atoms with van der Waals surface area (Å²) in [5, 5.41) is 0. The lowest BCUT2D eigenvalue weighted by Gasteiger charge is -2.40. The Kier molecular flexibility index (Phi) is 7.69. The molecule has 0 radical (unpaired) electrons. The largest absolute Gasteiger partial charge is 0.381 e. The monoisotopic (exact) mass is 406 g/mol. The van der Waals surface area contributed by atoms with Gasteiger partial charge in [-0.15, -0.1) is 12.4 Å². The lowest BCUT2D eigenvalue weighted by atomic mass is 9.71. The van der Waals surface area contributed by atoms with Gasteiger partial charge in [-0.3, -0.25) is 4.90 Å². The summed E-state index contributed by atoms with van der Waals surface area (Å²) < 4.78 is 5.52. The van der Waals surface area contributed by atoms with E-state index in [1.165, 1.54) is 76.9 Å². The van der Waals surface area contributed by atoms with Crippen LogP contribution < -0.4 is 4.90 Å². The van der Waals surface area contributed by atoms with Crippen LogP contribution in [-0.4, -0.2) is 50.8 Å². The molecule has 1 aromatic carbocycles. The van der Waals surface area contributed by atoms with E-state index in [1.807, 2.05) is 0 Å². The Labute approximate surface area is 178 Å². The van der Waals surface area contributed by atoms with Crippen LogP contribution in [0.1, 0.15) is 63.9 Å². The van der Waals surface area contributed by atoms with Crippen LogP contribution in [0.25, 0.3) is 0 Å². The van der Waals surface area contributed by atoms with Gasteiger partial charge in [0.05, 0.1) is 0 Å². The molecule has 4 heteroatoms. The first kappa shape index (κ1) is 21.9. The van der Waals surface area contributed by atoms with Crippen LogP contribution in [0.4, 0.5) is 5.69 Å². The molecule has 28 heavy (non-hydrogen) atoms. The number of anilines is 1. The second kappa shape index (κ2) is 9.82. The van der Waals surface area contributed by atoms with Gasteiger partial charge < -0.3 is 9.64 Å². The van der Waals surface area contributed by atoms with E-state index in [0.29, 0.717) is 5.41 Å². The highest BCUT2D eigenvalue weighted by Gasteiger charge is 2.30. The van der Waals surface area contributed by atoms with Gasteiger partial charge in [0.1, 0.15) is 0 Å². The number of halogens is 1. The molecule has 2 saturated heterocycles. The second-order valence-electron chi connectivity index (χ2n) is 9.84. The van der Waals surface area contributed by atoms with Gasteiger partial charge in [0.2, 0.25) is 0 Å². The second-order valence-corrected chi connectivity index (χ2v) is 9.84. The number of para-hydroxylation sites is 1. The molecule has 0 spiro atoms. The first-order valence-corrected chi connectivity index (χ1v) is 11.2. The molecule has 0 atom stereocenters. The third-order valence-electron chi connectivity index (χ3n) is 7.29. The number of benzene rings is 1. The van der Waals surface area contributed by atoms with Crippen molar-refractivity contribution in [2.75, 3.05) is 50.8 Å². The Hall–Kier alpha value is -0.770. The molecule has 0 amide bonds. The molecule has 0 N–H and O–H groups in total. The Bertz CT molecular complexity index is 596. The van der Waals surface area contributed by atoms with Crippen LogP contribution in [0.5, 0.6) is 0 Å². The molecule has 3 aliphatic rings. The summed E-state index contributed by atoms with van der Waals surface area (Å²) in [5.74, 6) is 1.61. The average Bonchev–Trinajstić information content (AvgIpc) is 2.70. The minimum absolute atomic E-state index is 0. The zero-order valence-corrected chi connectivity index (χ0v) is 18.7. The van der Waals surface area contributed by atoms with Gasteiger partial charge in [-0.25, -0.2) is 0 Å². The Morgan fingerprint density at radius 1 is 0.929 bits per heavy atom. The first-order valence-electron chi connectivity index (χ1n) is 11.2. The van der Waals surface area contributed by atoms with Gasteiger partial charge in [-0.05, 0) is 67.4 Å². The van der Waals surface area contributed by atoms with Crippen LogP contribution in [0.2, 0.25) is 0 Å². The van der Waals surface area contributed by atoms with E-state index in [1.54, 1.807) is 5.56 Å². The fraction of sp³-hybridized carbons (Fsp3) is 0.750. The van der Waals surface area contributed by atoms with Crippen molar-refractivity contribution in [3.63, 3.8) is 0 Å². The molecule has 0 unspecified atom stereocenters. The Morgan fingerprint density at radius 3 is 2.25 bits per heavy atom. The van der Waals surface area contributed by atoms with Crippen molar-refractivity contribution in [1.29, 1.82) is 0 Å². The van der Waals surface area contributed by atoms with Crippen molar-refractivity contribution in [2.24, 2.45) is 11.3 Å². The maximum atomic E-state index is 5.52. The summed E-state index contributed by atoms with van der Waals surface area (Å²) in [5.41, 5.74) is 3.68. The molecule has 2 aliphatic heterocycles. The number of rotatable bonds is 4. The summed E-state index contributed by atoms with van der Waals surface area (Å²) in [4.78, 5) is 5.35. The summed E-state index contributed by atoms with van der Waals surface area (Å²) in [6.07, 6.45) is 7.94. The van der Waals surface area contributed by atoms with E-state index in [-0.39, 0.29) is 12.4 Å². The SMILES string of the molecule is CC1(C)CCC(c2ccccc2N2CCN(CC3CCOCC3)CC2)CC1.Cl. The van der Waals surface area contributed by atoms with Crippen LogP contribution in [0, 0.1) is 11.3 Å². The van der Waals surface area contributed by atoms with Gasteiger partial charge in [-0.2, -0.15) is 0 Å². The quantitative estimate of drug-likeness (QED) is 0.671. The molecule has 1 saturated carbocycles. The number of hydrogen-bond donors (Lipinski definition) is 0. The van der Waals surface area contributed by atoms with E-state index >= 15 is 0 Å². The molecule has 4 rings (SSSR count). The molecule has 1 aliphatic carbocycles. The molecule has 1 aromatic rings. The van der Waals surface area contributed by atoms with Crippen molar-refractivity contribution < 1.29 is 4.74 Å². The third kappa shape index (κ3) is 5.43. The maximum absolute atomic E-state index is 5.52. The molecule has 3 nitrogen and oxygen atoms in total. The van der Waals surface area contributed by atoms with Crippen LogP contribution in [0.15, 0.2) is 24.3 Å². The van der Waals surface area contributed by atoms with Crippen molar-refractivity contribution in [3.8, 4) is 0 Å². The van der Waals surface area contributed by atoms with E-state index in [9.17, 15) is 0 Å². The number of ether oxygens (including phenoxy) is 1. The standard InChI is InChI=1S/C24H38N2O.ClH/c1-24(2)11-7-21(8-12-24)22-5-3-4-6-23(22)26-15-13-25(14-16-26)19-20-9-17-27-18-10-20;/h3-6,20-21H,7-19H2,1-2H3;1H. The zero-order valence-electron chi connectivity index (χ0n) is 17.9. The van der Waals surface area contributed by atoms with Crippen LogP contribution in [-0.2, 0) is 4.74 Å². The van der Waals surface area contributed by atoms with Crippen molar-refractivity contribution in [1.82, 2.24) is 4.90 Å². The minimum Gasteiger partial charge on any atom is -0.381 e. The predicted molar refractivity (Wildman–Crippen MR) is 121 cm³/mol. The highest BCUT2D eigenvalue weighted by molar-refractivity contribution is 5.85. The average molecular weight is 407 g/mol. The summed E-state index contributed by atoms with van der Waals surface area (Å²) in [7, 11) is 0. The van der Waals surface area contributed by atoms with Crippen molar-refractivity contribution in [2.45, 2.75) is 58.3 Å². The van der Waals surface area contributed by atoms with E-state index < -0.39 is 0 Å². The molecule has 0 aromatic heterocycles. The maximum Gasteiger partial charge on any atom is 0.0469 e. The summed E-state index contributed by atoms with van der Waals surface area (Å²) >= 11 is 0. The Balaban J connectivity index is 0.00000225. The van der Waals surface area contributed by atoms with E-state index in [0.717, 1.165) is 25.0 Å². The van der Waals surface area contributed by atoms with Gasteiger partial charge >= 0.3 is 0 Å². The fourth-order valence-electron chi connectivity index (χ4n) is 5.30. The molecule has 0 bridgehead atoms. The highest BCUT2D eigenvalue weighted by Crippen LogP contribution is 2.44. The van der Waals surface area contributed by atoms with Crippen molar-refractivity contribution >= 4 is 18.1 Å². The summed E-state index contributed by atoms with van der Waals surface area (Å²) in [6.45, 7) is 12.9. The minimum atomic E-state index is 0. The first-order chi connectivity index (χ1) is 13.1. The molecule has 2 heterocycles.